The van der Waals surface area contributed by atoms with Crippen LogP contribution in [0, 0.1) is 0 Å². The average molecular weight is 402 g/mol. The largest absolute Gasteiger partial charge is 0.328 e. The number of carbonyl (C=O) groups excluding carboxylic acids is 1. The summed E-state index contributed by atoms with van der Waals surface area (Å²) in [6.07, 6.45) is 0.117. The number of benzene rings is 2. The van der Waals surface area contributed by atoms with Gasteiger partial charge in [-0.2, -0.15) is 0 Å². The Labute approximate surface area is 163 Å². The molecule has 0 spiro atoms. The zero-order valence-electron chi connectivity index (χ0n) is 15.9. The molecule has 1 heterocycles. The van der Waals surface area contributed by atoms with Crippen molar-refractivity contribution in [2.45, 2.75) is 17.9 Å². The van der Waals surface area contributed by atoms with E-state index >= 15 is 0 Å². The van der Waals surface area contributed by atoms with Crippen LogP contribution in [0.1, 0.15) is 6.42 Å². The van der Waals surface area contributed by atoms with Gasteiger partial charge in [0.15, 0.2) is 0 Å². The fourth-order valence-corrected chi connectivity index (χ4v) is 3.84. The number of para-hydroxylation sites is 2. The van der Waals surface area contributed by atoms with E-state index in [4.69, 9.17) is 0 Å². The van der Waals surface area contributed by atoms with Gasteiger partial charge < -0.3 is 5.32 Å². The molecular formula is C19H22N4O4S. The molecule has 2 aromatic carbocycles. The Morgan fingerprint density at radius 1 is 1.04 bits per heavy atom. The van der Waals surface area contributed by atoms with Crippen LogP contribution in [0.4, 0.5) is 5.69 Å². The molecule has 3 rings (SSSR count). The first-order valence-electron chi connectivity index (χ1n) is 8.68. The molecule has 0 fully saturated rings. The Hall–Kier alpha value is -2.91. The first-order chi connectivity index (χ1) is 13.2. The second kappa shape index (κ2) is 7.61. The Kier molecular flexibility index (Phi) is 5.39. The molecule has 9 heteroatoms. The Morgan fingerprint density at radius 3 is 2.25 bits per heavy atom. The van der Waals surface area contributed by atoms with Gasteiger partial charge in [0.25, 0.3) is 0 Å². The molecule has 0 bridgehead atoms. The monoisotopic (exact) mass is 402 g/mol. The summed E-state index contributed by atoms with van der Waals surface area (Å²) in [6.45, 7) is 0.249. The minimum Gasteiger partial charge on any atom is -0.326 e. The van der Waals surface area contributed by atoms with Gasteiger partial charge in [0, 0.05) is 39.8 Å². The van der Waals surface area contributed by atoms with Crippen LogP contribution in [0.15, 0.2) is 58.2 Å². The number of carbonyl (C=O) groups is 1. The van der Waals surface area contributed by atoms with Gasteiger partial charge in [-0.15, -0.1) is 0 Å². The Bertz CT molecular complexity index is 1170. The lowest BCUT2D eigenvalue weighted by atomic mass is 10.3. The third-order valence-electron chi connectivity index (χ3n) is 4.53. The van der Waals surface area contributed by atoms with E-state index in [1.54, 1.807) is 28.3 Å². The third kappa shape index (κ3) is 3.71. The number of aryl methyl sites for hydroxylation is 2. The molecule has 28 heavy (non-hydrogen) atoms. The van der Waals surface area contributed by atoms with E-state index in [1.807, 2.05) is 24.3 Å². The maximum absolute atomic E-state index is 12.4. The van der Waals surface area contributed by atoms with Gasteiger partial charge in [-0.1, -0.05) is 12.1 Å². The number of imidazole rings is 1. The van der Waals surface area contributed by atoms with Crippen LogP contribution in [0.5, 0.6) is 0 Å². The third-order valence-corrected chi connectivity index (χ3v) is 6.36. The number of hydrogen-bond donors (Lipinski definition) is 1. The van der Waals surface area contributed by atoms with E-state index in [9.17, 15) is 18.0 Å². The lowest BCUT2D eigenvalue weighted by Crippen LogP contribution is -2.24. The molecule has 0 aliphatic rings. The average Bonchev–Trinajstić information content (AvgIpc) is 2.91. The van der Waals surface area contributed by atoms with Crippen LogP contribution >= 0.6 is 0 Å². The lowest BCUT2D eigenvalue weighted by molar-refractivity contribution is -0.116. The molecule has 1 aromatic heterocycles. The number of sulfonamides is 1. The number of aromatic nitrogens is 2. The molecule has 148 valence electrons. The lowest BCUT2D eigenvalue weighted by Gasteiger charge is -2.12. The highest BCUT2D eigenvalue weighted by atomic mass is 32.2. The fourth-order valence-electron chi connectivity index (χ4n) is 2.94. The zero-order valence-corrected chi connectivity index (χ0v) is 16.7. The highest BCUT2D eigenvalue weighted by Gasteiger charge is 2.17. The van der Waals surface area contributed by atoms with Crippen LogP contribution in [0.25, 0.3) is 11.0 Å². The van der Waals surface area contributed by atoms with Gasteiger partial charge in [0.1, 0.15) is 0 Å². The number of hydrogen-bond acceptors (Lipinski definition) is 4. The summed E-state index contributed by atoms with van der Waals surface area (Å²) >= 11 is 0. The van der Waals surface area contributed by atoms with Crippen molar-refractivity contribution in [3.05, 3.63) is 59.0 Å². The Morgan fingerprint density at radius 2 is 1.64 bits per heavy atom. The standard InChI is InChI=1S/C19H22N4O4S/c1-21(2)28(26,27)15-10-8-14(9-11-15)20-18(24)12-13-23-17-7-5-4-6-16(17)22(3)19(23)25/h4-11H,12-13H2,1-3H3,(H,20,24). The van der Waals surface area contributed by atoms with E-state index in [0.717, 1.165) is 15.3 Å². The summed E-state index contributed by atoms with van der Waals surface area (Å²) < 4.78 is 28.4. The molecule has 1 amide bonds. The smallest absolute Gasteiger partial charge is 0.326 e. The molecule has 0 atom stereocenters. The van der Waals surface area contributed by atoms with Gasteiger partial charge in [0.05, 0.1) is 15.9 Å². The minimum atomic E-state index is -3.51. The number of rotatable bonds is 6. The zero-order chi connectivity index (χ0) is 20.5. The van der Waals surface area contributed by atoms with Crippen LogP contribution in [-0.2, 0) is 28.4 Å². The van der Waals surface area contributed by atoms with E-state index in [1.165, 1.54) is 26.2 Å². The molecule has 0 saturated heterocycles. The maximum Gasteiger partial charge on any atom is 0.328 e. The van der Waals surface area contributed by atoms with E-state index in [0.29, 0.717) is 5.69 Å². The summed E-state index contributed by atoms with van der Waals surface area (Å²) in [4.78, 5) is 24.8. The number of fused-ring (bicyclic) bond motifs is 1. The van der Waals surface area contributed by atoms with Crippen LogP contribution < -0.4 is 11.0 Å². The highest BCUT2D eigenvalue weighted by molar-refractivity contribution is 7.89. The molecule has 3 aromatic rings. The van der Waals surface area contributed by atoms with E-state index in [2.05, 4.69) is 5.32 Å². The minimum absolute atomic E-state index is 0.117. The molecule has 0 aliphatic heterocycles. The highest BCUT2D eigenvalue weighted by Crippen LogP contribution is 2.17. The summed E-state index contributed by atoms with van der Waals surface area (Å²) in [5.74, 6) is -0.261. The first kappa shape index (κ1) is 19.8. The van der Waals surface area contributed by atoms with Crippen molar-refractivity contribution in [2.24, 2.45) is 7.05 Å². The van der Waals surface area contributed by atoms with Crippen molar-refractivity contribution in [1.29, 1.82) is 0 Å². The summed E-state index contributed by atoms with van der Waals surface area (Å²) in [5, 5.41) is 2.72. The van der Waals surface area contributed by atoms with E-state index < -0.39 is 10.0 Å². The van der Waals surface area contributed by atoms with Gasteiger partial charge in [0.2, 0.25) is 15.9 Å². The second-order valence-corrected chi connectivity index (χ2v) is 8.74. The van der Waals surface area contributed by atoms with Crippen molar-refractivity contribution in [1.82, 2.24) is 13.4 Å². The van der Waals surface area contributed by atoms with Crippen molar-refractivity contribution < 1.29 is 13.2 Å². The molecular weight excluding hydrogens is 380 g/mol. The number of nitrogens with zero attached hydrogens (tertiary/aromatic N) is 3. The predicted octanol–water partition coefficient (Wildman–Crippen LogP) is 1.62. The van der Waals surface area contributed by atoms with E-state index in [-0.39, 0.29) is 29.5 Å². The van der Waals surface area contributed by atoms with Crippen molar-refractivity contribution >= 4 is 32.7 Å². The number of amides is 1. The van der Waals surface area contributed by atoms with Crippen LogP contribution in [0.2, 0.25) is 0 Å². The van der Waals surface area contributed by atoms with Gasteiger partial charge >= 0.3 is 5.69 Å². The molecule has 0 saturated carbocycles. The topological polar surface area (TPSA) is 93.4 Å². The SMILES string of the molecule is CN(C)S(=O)(=O)c1ccc(NC(=O)CCn2c(=O)n(C)c3ccccc32)cc1. The van der Waals surface area contributed by atoms with Gasteiger partial charge in [-0.3, -0.25) is 13.9 Å². The molecule has 8 nitrogen and oxygen atoms in total. The van der Waals surface area contributed by atoms with Crippen molar-refractivity contribution in [3.8, 4) is 0 Å². The fraction of sp³-hybridized carbons (Fsp3) is 0.263. The van der Waals surface area contributed by atoms with Crippen LogP contribution in [-0.4, -0.2) is 41.9 Å². The first-order valence-corrected chi connectivity index (χ1v) is 10.1. The molecule has 0 radical (unpaired) electrons. The normalized spacial score (nSPS) is 11.9. The predicted molar refractivity (Wildman–Crippen MR) is 108 cm³/mol. The van der Waals surface area contributed by atoms with Gasteiger partial charge in [-0.25, -0.2) is 17.5 Å². The summed E-state index contributed by atoms with van der Waals surface area (Å²) in [7, 11) is 1.10. The maximum atomic E-state index is 12.4. The number of nitrogens with one attached hydrogen (secondary N) is 1. The van der Waals surface area contributed by atoms with Crippen molar-refractivity contribution in [3.63, 3.8) is 0 Å². The quantitative estimate of drug-likeness (QED) is 0.678. The summed E-state index contributed by atoms with van der Waals surface area (Å²) in [5.41, 5.74) is 1.91. The van der Waals surface area contributed by atoms with Gasteiger partial charge in [-0.05, 0) is 36.4 Å². The number of anilines is 1. The van der Waals surface area contributed by atoms with Crippen LogP contribution in [0.3, 0.4) is 0 Å². The molecule has 0 unspecified atom stereocenters. The second-order valence-electron chi connectivity index (χ2n) is 6.59. The van der Waals surface area contributed by atoms with Crippen molar-refractivity contribution in [2.75, 3.05) is 19.4 Å². The molecule has 1 N–H and O–H groups in total. The summed E-state index contributed by atoms with van der Waals surface area (Å²) in [6, 6.07) is 13.4. The molecule has 0 aliphatic carbocycles. The Balaban J connectivity index is 1.69.